The average Bonchev–Trinajstić information content (AvgIpc) is 3.81. The Labute approximate surface area is 286 Å². The predicted molar refractivity (Wildman–Crippen MR) is 189 cm³/mol. The number of anilines is 2. The van der Waals surface area contributed by atoms with E-state index in [1.165, 1.54) is 0 Å². The lowest BCUT2D eigenvalue weighted by Crippen LogP contribution is -2.48. The van der Waals surface area contributed by atoms with Gasteiger partial charge in [-0.25, -0.2) is 4.98 Å². The number of benzene rings is 1. The lowest BCUT2D eigenvalue weighted by molar-refractivity contribution is -0.117. The van der Waals surface area contributed by atoms with Crippen LogP contribution in [0.15, 0.2) is 65.9 Å². The summed E-state index contributed by atoms with van der Waals surface area (Å²) in [6.45, 7) is 6.28. The van der Waals surface area contributed by atoms with Gasteiger partial charge in [0.05, 0.1) is 53.1 Å². The summed E-state index contributed by atoms with van der Waals surface area (Å²) in [5.74, 6) is 0.0725. The number of likely N-dealkylation sites (tertiary alicyclic amines) is 1. The number of likely N-dealkylation sites (N-methyl/N-ethyl adjacent to an activating group) is 1. The molecule has 1 saturated carbocycles. The van der Waals surface area contributed by atoms with Gasteiger partial charge in [0, 0.05) is 83.2 Å². The Morgan fingerprint density at radius 3 is 2.49 bits per heavy atom. The fourth-order valence-electron chi connectivity index (χ4n) is 6.74. The second-order valence-corrected chi connectivity index (χ2v) is 13.5. The number of fused-ring (bicyclic) bond motifs is 3. The van der Waals surface area contributed by atoms with Gasteiger partial charge in [-0.1, -0.05) is 18.2 Å². The normalized spacial score (nSPS) is 19.0. The number of aromatic nitrogens is 3. The topological polar surface area (TPSA) is 166 Å². The number of pyridine rings is 1. The zero-order chi connectivity index (χ0) is 34.2. The molecule has 2 aromatic heterocycles. The van der Waals surface area contributed by atoms with E-state index in [2.05, 4.69) is 55.5 Å². The SMILES string of the molecule is CN/C(N)=C/C(Nc1cccc2c1N(C)Cc1c-2cnn1C1CN(Cc2cccc(C(=O)N3CCN(C)CC3)n2)C1)=C(\N)C(=O)NC1CC1. The summed E-state index contributed by atoms with van der Waals surface area (Å²) >= 11 is 0. The summed E-state index contributed by atoms with van der Waals surface area (Å²) < 4.78 is 2.16. The molecular weight excluding hydrogens is 620 g/mol. The van der Waals surface area contributed by atoms with Crippen LogP contribution in [0.1, 0.15) is 40.8 Å². The summed E-state index contributed by atoms with van der Waals surface area (Å²) in [7, 11) is 5.86. The minimum atomic E-state index is -0.316. The first-order chi connectivity index (χ1) is 23.7. The van der Waals surface area contributed by atoms with E-state index in [0.29, 0.717) is 30.3 Å². The summed E-state index contributed by atoms with van der Waals surface area (Å²) in [5, 5.41) is 14.1. The monoisotopic (exact) mass is 666 g/mol. The predicted octanol–water partition coefficient (Wildman–Crippen LogP) is 1.22. The number of amides is 2. The Bertz CT molecular complexity index is 1800. The van der Waals surface area contributed by atoms with E-state index in [9.17, 15) is 9.59 Å². The lowest BCUT2D eigenvalue weighted by atomic mass is 9.97. The zero-order valence-electron chi connectivity index (χ0n) is 28.4. The van der Waals surface area contributed by atoms with Gasteiger partial charge in [0.25, 0.3) is 11.8 Å². The van der Waals surface area contributed by atoms with Crippen LogP contribution in [0, 0.1) is 0 Å². The molecule has 3 fully saturated rings. The number of nitrogens with two attached hydrogens (primary N) is 2. The van der Waals surface area contributed by atoms with Gasteiger partial charge in [-0.05, 0) is 38.1 Å². The van der Waals surface area contributed by atoms with Crippen LogP contribution in [0.3, 0.4) is 0 Å². The molecule has 0 atom stereocenters. The minimum absolute atomic E-state index is 0.00992. The third kappa shape index (κ3) is 6.78. The molecule has 0 bridgehead atoms. The molecule has 0 spiro atoms. The number of carbonyl (C=O) groups excluding carboxylic acids is 2. The number of para-hydroxylation sites is 1. The molecule has 258 valence electrons. The van der Waals surface area contributed by atoms with Gasteiger partial charge in [-0.3, -0.25) is 19.2 Å². The number of nitrogens with one attached hydrogen (secondary N) is 3. The van der Waals surface area contributed by atoms with Crippen molar-refractivity contribution in [2.75, 3.05) is 70.6 Å². The van der Waals surface area contributed by atoms with Crippen molar-refractivity contribution in [3.8, 4) is 11.1 Å². The number of hydrogen-bond acceptors (Lipinski definition) is 11. The molecule has 1 aliphatic carbocycles. The fourth-order valence-corrected chi connectivity index (χ4v) is 6.74. The number of nitrogens with zero attached hydrogens (tertiary/aromatic N) is 7. The number of rotatable bonds is 10. The third-order valence-electron chi connectivity index (χ3n) is 9.78. The molecule has 14 heteroatoms. The van der Waals surface area contributed by atoms with Gasteiger partial charge in [0.1, 0.15) is 11.4 Å². The molecule has 0 radical (unpaired) electrons. The quantitative estimate of drug-likeness (QED) is 0.156. The number of carbonyl (C=O) groups is 2. The summed E-state index contributed by atoms with van der Waals surface area (Å²) in [4.78, 5) is 39.4. The Kier molecular flexibility index (Phi) is 8.90. The van der Waals surface area contributed by atoms with E-state index in [1.807, 2.05) is 41.4 Å². The van der Waals surface area contributed by atoms with Crippen LogP contribution in [-0.4, -0.2) is 108 Å². The first-order valence-corrected chi connectivity index (χ1v) is 17.0. The van der Waals surface area contributed by atoms with Crippen molar-refractivity contribution in [2.45, 2.75) is 38.0 Å². The van der Waals surface area contributed by atoms with Gasteiger partial charge < -0.3 is 42.1 Å². The lowest BCUT2D eigenvalue weighted by Gasteiger charge is -2.40. The van der Waals surface area contributed by atoms with E-state index in [4.69, 9.17) is 21.5 Å². The highest BCUT2D eigenvalue weighted by molar-refractivity contribution is 5.96. The fraction of sp³-hybridized carbons (Fsp3) is 0.429. The maximum Gasteiger partial charge on any atom is 0.272 e. The van der Waals surface area contributed by atoms with Crippen molar-refractivity contribution >= 4 is 23.2 Å². The molecule has 2 saturated heterocycles. The summed E-state index contributed by atoms with van der Waals surface area (Å²) in [5.41, 5.74) is 19.5. The van der Waals surface area contributed by atoms with Crippen LogP contribution in [0.2, 0.25) is 0 Å². The maximum absolute atomic E-state index is 13.1. The van der Waals surface area contributed by atoms with Crippen LogP contribution in [0.5, 0.6) is 0 Å². The van der Waals surface area contributed by atoms with E-state index >= 15 is 0 Å². The first kappa shape index (κ1) is 32.5. The second kappa shape index (κ2) is 13.4. The maximum atomic E-state index is 13.1. The standard InChI is InChI=1S/C35H46N12O2/c1-38-31(36)16-29(32(37)34(48)41-22-10-11-22)42-27-8-5-7-25-26-17-39-47(30(26)21-44(3)33(25)27)24-19-45(20-24)18-23-6-4-9-28(40-23)35(49)46-14-12-43(2)13-15-46/h4-9,16-17,22,24,38,42H,10-15,18-21,36-37H2,1-3H3,(H,41,48)/b31-16+,32-29+. The van der Waals surface area contributed by atoms with Crippen LogP contribution >= 0.6 is 0 Å². The van der Waals surface area contributed by atoms with Gasteiger partial charge in [-0.15, -0.1) is 0 Å². The van der Waals surface area contributed by atoms with E-state index in [-0.39, 0.29) is 29.6 Å². The van der Waals surface area contributed by atoms with Crippen molar-refractivity contribution in [2.24, 2.45) is 11.5 Å². The van der Waals surface area contributed by atoms with Crippen molar-refractivity contribution in [1.82, 2.24) is 40.1 Å². The molecule has 7 rings (SSSR count). The number of hydrogen-bond donors (Lipinski definition) is 5. The molecular formula is C35H46N12O2. The van der Waals surface area contributed by atoms with Gasteiger partial charge in [-0.2, -0.15) is 5.10 Å². The van der Waals surface area contributed by atoms with E-state index in [0.717, 1.165) is 86.0 Å². The van der Waals surface area contributed by atoms with E-state index < -0.39 is 0 Å². The molecule has 14 nitrogen and oxygen atoms in total. The highest BCUT2D eigenvalue weighted by atomic mass is 16.2. The first-order valence-electron chi connectivity index (χ1n) is 17.0. The molecule has 3 aliphatic heterocycles. The van der Waals surface area contributed by atoms with Crippen molar-refractivity contribution in [3.63, 3.8) is 0 Å². The molecule has 3 aromatic rings. The van der Waals surface area contributed by atoms with Crippen molar-refractivity contribution < 1.29 is 9.59 Å². The highest BCUT2D eigenvalue weighted by Gasteiger charge is 2.34. The van der Waals surface area contributed by atoms with Gasteiger partial charge in [0.15, 0.2) is 0 Å². The second-order valence-electron chi connectivity index (χ2n) is 13.5. The van der Waals surface area contributed by atoms with Crippen LogP contribution in [-0.2, 0) is 17.9 Å². The number of allylic oxidation sites excluding steroid dienone is 1. The molecule has 0 unspecified atom stereocenters. The van der Waals surface area contributed by atoms with Crippen molar-refractivity contribution in [1.29, 1.82) is 0 Å². The van der Waals surface area contributed by atoms with Crippen LogP contribution < -0.4 is 32.3 Å². The number of piperazine rings is 1. The van der Waals surface area contributed by atoms with Gasteiger partial charge >= 0.3 is 0 Å². The smallest absolute Gasteiger partial charge is 0.272 e. The highest BCUT2D eigenvalue weighted by Crippen LogP contribution is 2.44. The van der Waals surface area contributed by atoms with Crippen LogP contribution in [0.25, 0.3) is 11.1 Å². The minimum Gasteiger partial charge on any atom is -0.393 e. The molecule has 2 amide bonds. The molecule has 1 aromatic carbocycles. The summed E-state index contributed by atoms with van der Waals surface area (Å²) in [6.07, 6.45) is 5.53. The Morgan fingerprint density at radius 1 is 1.00 bits per heavy atom. The average molecular weight is 667 g/mol. The molecule has 49 heavy (non-hydrogen) atoms. The molecule has 4 aliphatic rings. The largest absolute Gasteiger partial charge is 0.393 e. The van der Waals surface area contributed by atoms with Crippen molar-refractivity contribution in [3.05, 3.63) is 83.0 Å². The molecule has 7 N–H and O–H groups in total. The Hall–Kier alpha value is -5.08. The third-order valence-corrected chi connectivity index (χ3v) is 9.78. The van der Waals surface area contributed by atoms with Gasteiger partial charge in [0.2, 0.25) is 0 Å². The Balaban J connectivity index is 1.05. The van der Waals surface area contributed by atoms with E-state index in [1.54, 1.807) is 13.1 Å². The zero-order valence-corrected chi connectivity index (χ0v) is 28.4. The Morgan fingerprint density at radius 2 is 1.76 bits per heavy atom. The molecule has 5 heterocycles. The van der Waals surface area contributed by atoms with Crippen LogP contribution in [0.4, 0.5) is 11.4 Å². The summed E-state index contributed by atoms with van der Waals surface area (Å²) in [6, 6.07) is 12.2.